The van der Waals surface area contributed by atoms with Gasteiger partial charge in [0.2, 0.25) is 0 Å². The highest BCUT2D eigenvalue weighted by Crippen LogP contribution is 2.14. The van der Waals surface area contributed by atoms with Crippen LogP contribution in [-0.2, 0) is 9.53 Å². The van der Waals surface area contributed by atoms with Gasteiger partial charge in [0.05, 0.1) is 12.8 Å². The molecule has 3 nitrogen and oxygen atoms in total. The SMILES string of the molecule is COC(=O)CC#Cc1cccc(C)c1N. The highest BCUT2D eigenvalue weighted by atomic mass is 16.5. The van der Waals surface area contributed by atoms with Crippen LogP contribution in [0.3, 0.4) is 0 Å². The summed E-state index contributed by atoms with van der Waals surface area (Å²) in [6.45, 7) is 1.92. The molecular formula is C12H13NO2. The molecule has 1 rings (SSSR count). The molecule has 0 unspecified atom stereocenters. The Morgan fingerprint density at radius 1 is 1.53 bits per heavy atom. The highest BCUT2D eigenvalue weighted by molar-refractivity contribution is 5.72. The Labute approximate surface area is 89.2 Å². The fourth-order valence-corrected chi connectivity index (χ4v) is 1.07. The molecule has 0 aliphatic heterocycles. The number of benzene rings is 1. The second-order valence-electron chi connectivity index (χ2n) is 3.09. The highest BCUT2D eigenvalue weighted by Gasteiger charge is 1.98. The summed E-state index contributed by atoms with van der Waals surface area (Å²) in [6.07, 6.45) is 0.0872. The van der Waals surface area contributed by atoms with Crippen LogP contribution in [0, 0.1) is 18.8 Å². The van der Waals surface area contributed by atoms with Gasteiger partial charge < -0.3 is 10.5 Å². The number of esters is 1. The van der Waals surface area contributed by atoms with Crippen molar-refractivity contribution in [2.75, 3.05) is 12.8 Å². The summed E-state index contributed by atoms with van der Waals surface area (Å²) >= 11 is 0. The Morgan fingerprint density at radius 3 is 2.93 bits per heavy atom. The summed E-state index contributed by atoms with van der Waals surface area (Å²) in [5.41, 5.74) is 8.21. The first-order chi connectivity index (χ1) is 7.15. The molecule has 0 atom stereocenters. The Hall–Kier alpha value is -1.95. The lowest BCUT2D eigenvalue weighted by Gasteiger charge is -2.00. The topological polar surface area (TPSA) is 52.3 Å². The fraction of sp³-hybridized carbons (Fsp3) is 0.250. The van der Waals surface area contributed by atoms with E-state index in [1.54, 1.807) is 0 Å². The van der Waals surface area contributed by atoms with Crippen LogP contribution in [0.1, 0.15) is 17.5 Å². The molecule has 0 saturated heterocycles. The van der Waals surface area contributed by atoms with Crippen molar-refractivity contribution >= 4 is 11.7 Å². The number of carbonyl (C=O) groups is 1. The lowest BCUT2D eigenvalue weighted by atomic mass is 10.1. The molecule has 15 heavy (non-hydrogen) atoms. The Kier molecular flexibility index (Phi) is 3.75. The number of nitrogen functional groups attached to an aromatic ring is 1. The van der Waals surface area contributed by atoms with Gasteiger partial charge in [0, 0.05) is 5.56 Å². The van der Waals surface area contributed by atoms with Crippen LogP contribution in [0.25, 0.3) is 0 Å². The third kappa shape index (κ3) is 3.03. The maximum Gasteiger partial charge on any atom is 0.317 e. The van der Waals surface area contributed by atoms with Crippen molar-refractivity contribution in [1.82, 2.24) is 0 Å². The van der Waals surface area contributed by atoms with E-state index in [2.05, 4.69) is 16.6 Å². The summed E-state index contributed by atoms with van der Waals surface area (Å²) in [6, 6.07) is 5.63. The van der Waals surface area contributed by atoms with Crippen molar-refractivity contribution in [3.05, 3.63) is 29.3 Å². The number of aryl methyl sites for hydroxylation is 1. The minimum Gasteiger partial charge on any atom is -0.468 e. The van der Waals surface area contributed by atoms with Crippen LogP contribution in [0.15, 0.2) is 18.2 Å². The van der Waals surface area contributed by atoms with Crippen LogP contribution < -0.4 is 5.73 Å². The van der Waals surface area contributed by atoms with E-state index in [0.29, 0.717) is 5.69 Å². The largest absolute Gasteiger partial charge is 0.468 e. The van der Waals surface area contributed by atoms with Crippen LogP contribution in [0.2, 0.25) is 0 Å². The van der Waals surface area contributed by atoms with Gasteiger partial charge in [0.15, 0.2) is 0 Å². The summed E-state index contributed by atoms with van der Waals surface area (Å²) in [4.78, 5) is 10.8. The molecular weight excluding hydrogens is 190 g/mol. The number of methoxy groups -OCH3 is 1. The van der Waals surface area contributed by atoms with Crippen molar-refractivity contribution in [3.8, 4) is 11.8 Å². The predicted octanol–water partition coefficient (Wildman–Crippen LogP) is 1.49. The first kappa shape index (κ1) is 11.1. The fourth-order valence-electron chi connectivity index (χ4n) is 1.07. The van der Waals surface area contributed by atoms with E-state index in [4.69, 9.17) is 5.73 Å². The summed E-state index contributed by atoms with van der Waals surface area (Å²) < 4.78 is 4.47. The van der Waals surface area contributed by atoms with E-state index < -0.39 is 0 Å². The molecule has 0 saturated carbocycles. The smallest absolute Gasteiger partial charge is 0.317 e. The van der Waals surface area contributed by atoms with Crippen LogP contribution in [0.5, 0.6) is 0 Å². The second kappa shape index (κ2) is 5.06. The number of hydrogen-bond acceptors (Lipinski definition) is 3. The standard InChI is InChI=1S/C12H13NO2/c1-9-5-3-6-10(12(9)13)7-4-8-11(14)15-2/h3,5-6H,8,13H2,1-2H3. The van der Waals surface area contributed by atoms with Gasteiger partial charge in [0.1, 0.15) is 6.42 Å². The molecule has 0 fully saturated rings. The molecule has 1 aromatic carbocycles. The van der Waals surface area contributed by atoms with Gasteiger partial charge in [-0.05, 0) is 18.6 Å². The molecule has 3 heteroatoms. The zero-order chi connectivity index (χ0) is 11.3. The summed E-state index contributed by atoms with van der Waals surface area (Å²) in [5.74, 6) is 5.22. The molecule has 0 bridgehead atoms. The molecule has 2 N–H and O–H groups in total. The molecule has 0 aliphatic rings. The monoisotopic (exact) mass is 203 g/mol. The molecule has 0 heterocycles. The van der Waals surface area contributed by atoms with E-state index in [0.717, 1.165) is 11.1 Å². The number of hydrogen-bond donors (Lipinski definition) is 1. The third-order valence-corrected chi connectivity index (χ3v) is 2.01. The zero-order valence-corrected chi connectivity index (χ0v) is 8.83. The molecule has 0 aromatic heterocycles. The van der Waals surface area contributed by atoms with E-state index in [1.807, 2.05) is 25.1 Å². The maximum atomic E-state index is 10.8. The quantitative estimate of drug-likeness (QED) is 0.427. The van der Waals surface area contributed by atoms with Gasteiger partial charge in [-0.15, -0.1) is 0 Å². The number of nitrogens with two attached hydrogens (primary N) is 1. The van der Waals surface area contributed by atoms with Crippen molar-refractivity contribution in [2.45, 2.75) is 13.3 Å². The second-order valence-corrected chi connectivity index (χ2v) is 3.09. The molecule has 0 radical (unpaired) electrons. The average molecular weight is 203 g/mol. The molecule has 1 aromatic rings. The van der Waals surface area contributed by atoms with Crippen molar-refractivity contribution in [2.24, 2.45) is 0 Å². The van der Waals surface area contributed by atoms with E-state index in [-0.39, 0.29) is 12.4 Å². The van der Waals surface area contributed by atoms with Crippen molar-refractivity contribution in [3.63, 3.8) is 0 Å². The van der Waals surface area contributed by atoms with Crippen molar-refractivity contribution in [1.29, 1.82) is 0 Å². The normalized spacial score (nSPS) is 8.93. The lowest BCUT2D eigenvalue weighted by Crippen LogP contribution is -1.97. The number of para-hydroxylation sites is 1. The van der Waals surface area contributed by atoms with E-state index >= 15 is 0 Å². The first-order valence-corrected chi connectivity index (χ1v) is 4.56. The Balaban J connectivity index is 2.80. The minimum absolute atomic E-state index is 0.0872. The van der Waals surface area contributed by atoms with Crippen LogP contribution in [0.4, 0.5) is 5.69 Å². The summed E-state index contributed by atoms with van der Waals surface area (Å²) in [7, 11) is 1.34. The zero-order valence-electron chi connectivity index (χ0n) is 8.83. The third-order valence-electron chi connectivity index (χ3n) is 2.01. The first-order valence-electron chi connectivity index (χ1n) is 4.56. The minimum atomic E-state index is -0.339. The molecule has 78 valence electrons. The van der Waals surface area contributed by atoms with Gasteiger partial charge in [-0.3, -0.25) is 4.79 Å². The molecule has 0 amide bonds. The van der Waals surface area contributed by atoms with Gasteiger partial charge in [-0.1, -0.05) is 24.0 Å². The molecule has 0 spiro atoms. The van der Waals surface area contributed by atoms with Crippen molar-refractivity contribution < 1.29 is 9.53 Å². The van der Waals surface area contributed by atoms with Gasteiger partial charge >= 0.3 is 5.97 Å². The number of carbonyl (C=O) groups excluding carboxylic acids is 1. The number of rotatable bonds is 1. The Bertz CT molecular complexity index is 427. The summed E-state index contributed by atoms with van der Waals surface area (Å²) in [5, 5.41) is 0. The van der Waals surface area contributed by atoms with E-state index in [9.17, 15) is 4.79 Å². The van der Waals surface area contributed by atoms with Gasteiger partial charge in [0.25, 0.3) is 0 Å². The van der Waals surface area contributed by atoms with Gasteiger partial charge in [-0.25, -0.2) is 0 Å². The van der Waals surface area contributed by atoms with Gasteiger partial charge in [-0.2, -0.15) is 0 Å². The predicted molar refractivity (Wildman–Crippen MR) is 59.1 cm³/mol. The van der Waals surface area contributed by atoms with E-state index in [1.165, 1.54) is 7.11 Å². The number of ether oxygens (including phenoxy) is 1. The molecule has 0 aliphatic carbocycles. The average Bonchev–Trinajstić information content (AvgIpc) is 2.24. The lowest BCUT2D eigenvalue weighted by molar-refractivity contribution is -0.139. The number of anilines is 1. The van der Waals surface area contributed by atoms with Crippen LogP contribution >= 0.6 is 0 Å². The maximum absolute atomic E-state index is 10.8. The van der Waals surface area contributed by atoms with Crippen LogP contribution in [-0.4, -0.2) is 13.1 Å². The Morgan fingerprint density at radius 2 is 2.27 bits per heavy atom.